The summed E-state index contributed by atoms with van der Waals surface area (Å²) in [6.07, 6.45) is 1.86. The average molecular weight is 219 g/mol. The van der Waals surface area contributed by atoms with Gasteiger partial charge in [0.15, 0.2) is 0 Å². The lowest BCUT2D eigenvalue weighted by atomic mass is 10.4. The van der Waals surface area contributed by atoms with Crippen molar-refractivity contribution in [3.63, 3.8) is 0 Å². The number of hydrogen-bond acceptors (Lipinski definition) is 2. The first-order valence-electron chi connectivity index (χ1n) is 3.27. The molecule has 0 atom stereocenters. The Morgan fingerprint density at radius 1 is 1.45 bits per heavy atom. The van der Waals surface area contributed by atoms with Gasteiger partial charge < -0.3 is 4.74 Å². The van der Waals surface area contributed by atoms with Gasteiger partial charge in [0.25, 0.3) is 3.79 Å². The van der Waals surface area contributed by atoms with Crippen molar-refractivity contribution in [1.29, 1.82) is 5.41 Å². The summed E-state index contributed by atoms with van der Waals surface area (Å²) >= 11 is 16.0. The van der Waals surface area contributed by atoms with Crippen LogP contribution in [0.4, 0.5) is 0 Å². The zero-order valence-corrected chi connectivity index (χ0v) is 8.43. The number of unbranched alkanes of at least 4 members (excludes halogenated alkanes) is 1. The zero-order chi connectivity index (χ0) is 8.91. The van der Waals surface area contributed by atoms with Crippen LogP contribution in [0.5, 0.6) is 0 Å². The first kappa shape index (κ1) is 11.3. The first-order valence-corrected chi connectivity index (χ1v) is 4.40. The average Bonchev–Trinajstić information content (AvgIpc) is 1.86. The third-order valence-corrected chi connectivity index (χ3v) is 1.52. The largest absolute Gasteiger partial charge is 0.478 e. The van der Waals surface area contributed by atoms with Crippen molar-refractivity contribution >= 4 is 40.7 Å². The second-order valence-electron chi connectivity index (χ2n) is 2.03. The van der Waals surface area contributed by atoms with Crippen LogP contribution in [-0.2, 0) is 4.74 Å². The summed E-state index contributed by atoms with van der Waals surface area (Å²) in [7, 11) is 0. The lowest BCUT2D eigenvalue weighted by molar-refractivity contribution is 0.288. The van der Waals surface area contributed by atoms with E-state index in [4.69, 9.17) is 44.9 Å². The topological polar surface area (TPSA) is 33.1 Å². The van der Waals surface area contributed by atoms with Gasteiger partial charge in [-0.05, 0) is 6.42 Å². The van der Waals surface area contributed by atoms with Crippen LogP contribution >= 0.6 is 34.8 Å². The summed E-state index contributed by atoms with van der Waals surface area (Å²) in [6.45, 7) is 2.45. The van der Waals surface area contributed by atoms with E-state index in [2.05, 4.69) is 0 Å². The van der Waals surface area contributed by atoms with Gasteiger partial charge in [-0.25, -0.2) is 0 Å². The van der Waals surface area contributed by atoms with Gasteiger partial charge in [-0.1, -0.05) is 48.1 Å². The highest BCUT2D eigenvalue weighted by atomic mass is 35.6. The van der Waals surface area contributed by atoms with Gasteiger partial charge in [-0.2, -0.15) is 0 Å². The van der Waals surface area contributed by atoms with Crippen molar-refractivity contribution in [3.8, 4) is 0 Å². The molecule has 0 saturated carbocycles. The maximum atomic E-state index is 7.10. The van der Waals surface area contributed by atoms with Crippen LogP contribution < -0.4 is 0 Å². The summed E-state index contributed by atoms with van der Waals surface area (Å²) < 4.78 is 3.12. The molecule has 66 valence electrons. The Morgan fingerprint density at radius 2 is 2.00 bits per heavy atom. The van der Waals surface area contributed by atoms with Crippen molar-refractivity contribution in [2.45, 2.75) is 23.6 Å². The smallest absolute Gasteiger partial charge is 0.265 e. The molecule has 0 fully saturated rings. The Hall–Kier alpha value is 0.340. The zero-order valence-electron chi connectivity index (χ0n) is 6.16. The molecule has 1 N–H and O–H groups in total. The Kier molecular flexibility index (Phi) is 5.23. The molecule has 11 heavy (non-hydrogen) atoms. The van der Waals surface area contributed by atoms with Crippen molar-refractivity contribution in [2.24, 2.45) is 0 Å². The fourth-order valence-corrected chi connectivity index (χ4v) is 0.564. The van der Waals surface area contributed by atoms with E-state index in [9.17, 15) is 0 Å². The van der Waals surface area contributed by atoms with Gasteiger partial charge in [-0.15, -0.1) is 0 Å². The molecule has 0 aliphatic carbocycles. The standard InChI is InChI=1S/C6H10Cl3NO/c1-2-3-4-11-5(10)6(7,8)9/h10H,2-4H2,1H3. The Labute approximate surface area is 81.3 Å². The van der Waals surface area contributed by atoms with Crippen molar-refractivity contribution < 1.29 is 4.74 Å². The molecule has 0 aliphatic heterocycles. The van der Waals surface area contributed by atoms with Gasteiger partial charge in [0, 0.05) is 0 Å². The van der Waals surface area contributed by atoms with E-state index in [0.29, 0.717) is 6.61 Å². The van der Waals surface area contributed by atoms with Gasteiger partial charge in [0.05, 0.1) is 6.61 Å². The van der Waals surface area contributed by atoms with Gasteiger partial charge >= 0.3 is 0 Å². The molecule has 0 saturated heterocycles. The van der Waals surface area contributed by atoms with Crippen molar-refractivity contribution in [3.05, 3.63) is 0 Å². The molecule has 0 bridgehead atoms. The maximum absolute atomic E-state index is 7.10. The van der Waals surface area contributed by atoms with E-state index in [0.717, 1.165) is 12.8 Å². The van der Waals surface area contributed by atoms with Gasteiger partial charge in [-0.3, -0.25) is 5.41 Å². The molecule has 0 heterocycles. The number of rotatable bonds is 3. The lowest BCUT2D eigenvalue weighted by Crippen LogP contribution is -2.21. The van der Waals surface area contributed by atoms with E-state index in [-0.39, 0.29) is 5.90 Å². The van der Waals surface area contributed by atoms with Crippen LogP contribution in [0.1, 0.15) is 19.8 Å². The third kappa shape index (κ3) is 5.59. The monoisotopic (exact) mass is 217 g/mol. The fourth-order valence-electron chi connectivity index (χ4n) is 0.400. The molecule has 0 aliphatic rings. The molecule has 0 amide bonds. The molecule has 0 radical (unpaired) electrons. The highest BCUT2D eigenvalue weighted by Gasteiger charge is 2.28. The minimum Gasteiger partial charge on any atom is -0.478 e. The molecule has 0 aromatic rings. The normalized spacial score (nSPS) is 11.3. The molecule has 0 spiro atoms. The molecular weight excluding hydrogens is 208 g/mol. The maximum Gasteiger partial charge on any atom is 0.265 e. The molecule has 5 heteroatoms. The van der Waals surface area contributed by atoms with Crippen LogP contribution in [0.3, 0.4) is 0 Å². The molecule has 2 nitrogen and oxygen atoms in total. The molecule has 0 aromatic carbocycles. The number of hydrogen-bond donors (Lipinski definition) is 1. The summed E-state index contributed by atoms with van der Waals surface area (Å²) in [5, 5.41) is 7.10. The third-order valence-electron chi connectivity index (χ3n) is 1.00. The van der Waals surface area contributed by atoms with Crippen LogP contribution in [0.15, 0.2) is 0 Å². The summed E-state index contributed by atoms with van der Waals surface area (Å²) in [6, 6.07) is 0. The minimum atomic E-state index is -1.71. The highest BCUT2D eigenvalue weighted by Crippen LogP contribution is 2.27. The molecule has 0 aromatic heterocycles. The van der Waals surface area contributed by atoms with Gasteiger partial charge in [0.2, 0.25) is 5.90 Å². The summed E-state index contributed by atoms with van der Waals surface area (Å²) in [4.78, 5) is 0. The van der Waals surface area contributed by atoms with Gasteiger partial charge in [0.1, 0.15) is 0 Å². The van der Waals surface area contributed by atoms with Crippen LogP contribution in [0.25, 0.3) is 0 Å². The predicted octanol–water partition coefficient (Wildman–Crippen LogP) is 3.15. The number of nitrogens with one attached hydrogen (secondary N) is 1. The summed E-state index contributed by atoms with van der Waals surface area (Å²) in [5.74, 6) is -0.309. The van der Waals surface area contributed by atoms with Crippen LogP contribution in [0, 0.1) is 5.41 Å². The highest BCUT2D eigenvalue weighted by molar-refractivity contribution is 6.75. The van der Waals surface area contributed by atoms with Crippen LogP contribution in [0.2, 0.25) is 0 Å². The van der Waals surface area contributed by atoms with E-state index >= 15 is 0 Å². The van der Waals surface area contributed by atoms with Crippen molar-refractivity contribution in [2.75, 3.05) is 6.61 Å². The van der Waals surface area contributed by atoms with Crippen molar-refractivity contribution in [1.82, 2.24) is 0 Å². The minimum absolute atomic E-state index is 0.309. The van der Waals surface area contributed by atoms with E-state index in [1.54, 1.807) is 0 Å². The molecular formula is C6H10Cl3NO. The molecule has 0 rings (SSSR count). The Balaban J connectivity index is 3.54. The Morgan fingerprint density at radius 3 is 2.36 bits per heavy atom. The molecule has 0 unspecified atom stereocenters. The van der Waals surface area contributed by atoms with E-state index < -0.39 is 3.79 Å². The SMILES string of the molecule is CCCCOC(=N)C(Cl)(Cl)Cl. The predicted molar refractivity (Wildman–Crippen MR) is 48.9 cm³/mol. The first-order chi connectivity index (χ1) is 4.98. The second kappa shape index (κ2) is 5.07. The van der Waals surface area contributed by atoms with E-state index in [1.807, 2.05) is 6.92 Å². The Bertz CT molecular complexity index is 132. The lowest BCUT2D eigenvalue weighted by Gasteiger charge is -2.12. The fraction of sp³-hybridized carbons (Fsp3) is 0.833. The van der Waals surface area contributed by atoms with E-state index in [1.165, 1.54) is 0 Å². The number of ether oxygens (including phenoxy) is 1. The van der Waals surface area contributed by atoms with Crippen LogP contribution in [-0.4, -0.2) is 16.3 Å². The summed E-state index contributed by atoms with van der Waals surface area (Å²) in [5.41, 5.74) is 0. The number of halogens is 3. The second-order valence-corrected chi connectivity index (χ2v) is 4.31. The number of alkyl halides is 3. The quantitative estimate of drug-likeness (QED) is 0.336.